The SMILES string of the molecule is CC/C=C\C/C=C\C/C=C\C/C=C\C/C=C\CCCCCCCCCC(=O)OC(COC(=O)CCCCCCCCCCCC)COC(=O)CCCCCCCCCCCCCCCCCCCCC/C=C\C/C=C\CCCCCCC. The second-order valence-corrected chi connectivity index (χ2v) is 23.8. The zero-order valence-electron chi connectivity index (χ0n) is 54.5. The Morgan fingerprint density at radius 1 is 0.256 bits per heavy atom. The number of hydrogen-bond donors (Lipinski definition) is 0. The van der Waals surface area contributed by atoms with E-state index in [1.807, 2.05) is 0 Å². The average Bonchev–Trinajstić information content (AvgIpc) is 3.47. The van der Waals surface area contributed by atoms with Crippen LogP contribution < -0.4 is 0 Å². The molecule has 0 bridgehead atoms. The number of rotatable bonds is 65. The lowest BCUT2D eigenvalue weighted by Crippen LogP contribution is -2.30. The van der Waals surface area contributed by atoms with Crippen LogP contribution in [0.4, 0.5) is 0 Å². The van der Waals surface area contributed by atoms with Crippen molar-refractivity contribution in [3.8, 4) is 0 Å². The minimum atomic E-state index is -0.781. The fourth-order valence-electron chi connectivity index (χ4n) is 10.3. The van der Waals surface area contributed by atoms with Gasteiger partial charge < -0.3 is 14.2 Å². The third-order valence-electron chi connectivity index (χ3n) is 15.6. The van der Waals surface area contributed by atoms with Gasteiger partial charge in [-0.1, -0.05) is 331 Å². The number of esters is 3. The first-order valence-corrected chi connectivity index (χ1v) is 35.6. The first-order chi connectivity index (χ1) is 40.5. The van der Waals surface area contributed by atoms with Gasteiger partial charge in [0.2, 0.25) is 0 Å². The van der Waals surface area contributed by atoms with Gasteiger partial charge in [0, 0.05) is 19.3 Å². The molecule has 0 aromatic rings. The number of ether oxygens (including phenoxy) is 3. The molecule has 6 nitrogen and oxygen atoms in total. The fourth-order valence-corrected chi connectivity index (χ4v) is 10.3. The van der Waals surface area contributed by atoms with Gasteiger partial charge >= 0.3 is 17.9 Å². The summed E-state index contributed by atoms with van der Waals surface area (Å²) >= 11 is 0. The van der Waals surface area contributed by atoms with Gasteiger partial charge in [-0.3, -0.25) is 14.4 Å². The second-order valence-electron chi connectivity index (χ2n) is 23.8. The molecule has 0 radical (unpaired) electrons. The van der Waals surface area contributed by atoms with Gasteiger partial charge in [0.25, 0.3) is 0 Å². The highest BCUT2D eigenvalue weighted by molar-refractivity contribution is 5.71. The molecule has 0 aromatic carbocycles. The van der Waals surface area contributed by atoms with E-state index in [4.69, 9.17) is 14.2 Å². The molecule has 0 rings (SSSR count). The molecule has 0 aliphatic rings. The first kappa shape index (κ1) is 78.6. The van der Waals surface area contributed by atoms with Crippen LogP contribution >= 0.6 is 0 Å². The van der Waals surface area contributed by atoms with Crippen molar-refractivity contribution in [2.24, 2.45) is 0 Å². The van der Waals surface area contributed by atoms with E-state index in [9.17, 15) is 14.4 Å². The number of carbonyl (C=O) groups is 3. The molecule has 82 heavy (non-hydrogen) atoms. The van der Waals surface area contributed by atoms with Crippen molar-refractivity contribution in [1.82, 2.24) is 0 Å². The summed E-state index contributed by atoms with van der Waals surface area (Å²) in [7, 11) is 0. The summed E-state index contributed by atoms with van der Waals surface area (Å²) in [6.45, 7) is 6.54. The Bertz CT molecular complexity index is 1550. The summed E-state index contributed by atoms with van der Waals surface area (Å²) in [5.74, 6) is -0.871. The van der Waals surface area contributed by atoms with E-state index in [1.165, 1.54) is 218 Å². The molecule has 474 valence electrons. The van der Waals surface area contributed by atoms with Crippen LogP contribution in [-0.2, 0) is 28.6 Å². The second kappa shape index (κ2) is 70.1. The summed E-state index contributed by atoms with van der Waals surface area (Å²) in [6, 6.07) is 0. The van der Waals surface area contributed by atoms with Gasteiger partial charge in [-0.25, -0.2) is 0 Å². The van der Waals surface area contributed by atoms with E-state index in [-0.39, 0.29) is 31.1 Å². The van der Waals surface area contributed by atoms with Crippen molar-refractivity contribution in [3.05, 3.63) is 85.1 Å². The van der Waals surface area contributed by atoms with Gasteiger partial charge in [-0.15, -0.1) is 0 Å². The van der Waals surface area contributed by atoms with Gasteiger partial charge in [0.05, 0.1) is 0 Å². The van der Waals surface area contributed by atoms with Crippen molar-refractivity contribution in [1.29, 1.82) is 0 Å². The number of carbonyl (C=O) groups excluding carboxylic acids is 3. The summed E-state index contributed by atoms with van der Waals surface area (Å²) in [5.41, 5.74) is 0. The maximum atomic E-state index is 12.9. The molecule has 0 heterocycles. The normalized spacial score (nSPS) is 12.6. The van der Waals surface area contributed by atoms with Gasteiger partial charge in [0.1, 0.15) is 13.2 Å². The third kappa shape index (κ3) is 67.4. The highest BCUT2D eigenvalue weighted by Gasteiger charge is 2.19. The molecular weight excluding hydrogens is 1010 g/mol. The molecular formula is C76H134O6. The van der Waals surface area contributed by atoms with Gasteiger partial charge in [0.15, 0.2) is 6.10 Å². The van der Waals surface area contributed by atoms with Crippen LogP contribution in [0.2, 0.25) is 0 Å². The summed E-state index contributed by atoms with van der Waals surface area (Å²) in [5, 5.41) is 0. The lowest BCUT2D eigenvalue weighted by atomic mass is 10.0. The molecule has 1 unspecified atom stereocenters. The predicted octanol–water partition coefficient (Wildman–Crippen LogP) is 24.6. The topological polar surface area (TPSA) is 78.9 Å². The van der Waals surface area contributed by atoms with Crippen molar-refractivity contribution >= 4 is 17.9 Å². The zero-order valence-corrected chi connectivity index (χ0v) is 54.5. The summed E-state index contributed by atoms with van der Waals surface area (Å²) in [4.78, 5) is 38.3. The molecule has 6 heteroatoms. The molecule has 0 aromatic heterocycles. The van der Waals surface area contributed by atoms with Crippen molar-refractivity contribution in [3.63, 3.8) is 0 Å². The van der Waals surface area contributed by atoms with Crippen LogP contribution in [0.3, 0.4) is 0 Å². The monoisotopic (exact) mass is 1140 g/mol. The molecule has 1 atom stereocenters. The molecule has 0 amide bonds. The molecule has 0 aliphatic heterocycles. The average molecular weight is 1140 g/mol. The zero-order chi connectivity index (χ0) is 59.2. The van der Waals surface area contributed by atoms with E-state index in [0.717, 1.165) is 103 Å². The number of unbranched alkanes of at least 4 members (excludes halogenated alkanes) is 40. The van der Waals surface area contributed by atoms with Crippen LogP contribution in [0, 0.1) is 0 Å². The van der Waals surface area contributed by atoms with Crippen molar-refractivity contribution in [2.45, 2.75) is 367 Å². The Hall–Kier alpha value is -3.41. The van der Waals surface area contributed by atoms with Crippen molar-refractivity contribution in [2.75, 3.05) is 13.2 Å². The minimum absolute atomic E-state index is 0.0768. The van der Waals surface area contributed by atoms with E-state index < -0.39 is 6.10 Å². The molecule has 0 fully saturated rings. The van der Waals surface area contributed by atoms with Crippen LogP contribution in [0.5, 0.6) is 0 Å². The Labute approximate surface area is 509 Å². The molecule has 0 saturated carbocycles. The molecule has 0 N–H and O–H groups in total. The predicted molar refractivity (Wildman–Crippen MR) is 358 cm³/mol. The van der Waals surface area contributed by atoms with Gasteiger partial charge in [-0.2, -0.15) is 0 Å². The Morgan fingerprint density at radius 2 is 0.476 bits per heavy atom. The number of allylic oxidation sites excluding steroid dienone is 14. The third-order valence-corrected chi connectivity index (χ3v) is 15.6. The molecule has 0 aliphatic carbocycles. The maximum Gasteiger partial charge on any atom is 0.306 e. The van der Waals surface area contributed by atoms with E-state index in [1.54, 1.807) is 0 Å². The summed E-state index contributed by atoms with van der Waals surface area (Å²) < 4.78 is 16.9. The maximum absolute atomic E-state index is 12.9. The Kier molecular flexibility index (Phi) is 67.2. The molecule has 0 spiro atoms. The summed E-state index contributed by atoms with van der Waals surface area (Å²) in [6.07, 6.45) is 93.4. The van der Waals surface area contributed by atoms with Crippen molar-refractivity contribution < 1.29 is 28.6 Å². The standard InChI is InChI=1S/C76H134O6/c1-4-7-10-13-16-19-22-24-26-28-30-32-34-35-36-37-38-39-40-41-43-44-46-48-50-52-54-57-60-63-66-69-75(78)81-72-73(71-80-74(77)68-65-62-59-56-21-18-15-12-9-6-3)82-76(79)70-67-64-61-58-55-53-51-49-47-45-42-33-31-29-27-25-23-20-17-14-11-8-5-2/h8,11,17,20,22,24-25,27-28,30-31,33,45,47,73H,4-7,9-10,12-16,18-19,21,23,26,29,32,34-44,46,48-72H2,1-3H3/b11-8-,20-17-,24-22-,27-25-,30-28-,33-31-,47-45-. The smallest absolute Gasteiger partial charge is 0.306 e. The fraction of sp³-hybridized carbons (Fsp3) is 0.776. The number of hydrogen-bond acceptors (Lipinski definition) is 6. The van der Waals surface area contributed by atoms with Crippen LogP contribution in [0.15, 0.2) is 85.1 Å². The van der Waals surface area contributed by atoms with Gasteiger partial charge in [-0.05, 0) is 96.3 Å². The van der Waals surface area contributed by atoms with E-state index in [0.29, 0.717) is 19.3 Å². The quantitative estimate of drug-likeness (QED) is 0.0261. The lowest BCUT2D eigenvalue weighted by molar-refractivity contribution is -0.167. The van der Waals surface area contributed by atoms with Crippen LogP contribution in [-0.4, -0.2) is 37.2 Å². The highest BCUT2D eigenvalue weighted by Crippen LogP contribution is 2.18. The van der Waals surface area contributed by atoms with Crippen LogP contribution in [0.1, 0.15) is 361 Å². The Morgan fingerprint density at radius 3 is 0.744 bits per heavy atom. The molecule has 0 saturated heterocycles. The minimum Gasteiger partial charge on any atom is -0.462 e. The highest BCUT2D eigenvalue weighted by atomic mass is 16.6. The lowest BCUT2D eigenvalue weighted by Gasteiger charge is -2.18. The Balaban J connectivity index is 4.16. The van der Waals surface area contributed by atoms with Crippen LogP contribution in [0.25, 0.3) is 0 Å². The largest absolute Gasteiger partial charge is 0.462 e. The van der Waals surface area contributed by atoms with E-state index >= 15 is 0 Å². The van der Waals surface area contributed by atoms with E-state index in [2.05, 4.69) is 106 Å². The first-order valence-electron chi connectivity index (χ1n) is 35.6.